The van der Waals surface area contributed by atoms with Crippen molar-refractivity contribution < 1.29 is 9.59 Å². The van der Waals surface area contributed by atoms with Crippen LogP contribution in [0.4, 0.5) is 5.69 Å². The molecule has 1 saturated heterocycles. The molecule has 0 saturated carbocycles. The second-order valence-corrected chi connectivity index (χ2v) is 5.52. The first kappa shape index (κ1) is 13.9. The molecule has 1 aliphatic rings. The summed E-state index contributed by atoms with van der Waals surface area (Å²) in [6.45, 7) is 2.28. The maximum absolute atomic E-state index is 11.8. The summed E-state index contributed by atoms with van der Waals surface area (Å²) in [6, 6.07) is 7.86. The standard InChI is InChI=1S/C14H18N2O2S/c1-2-3-11-4-6-12(7-5-11)15-13(17)8-16-10-19-9-14(16)18/h4-7H,2-3,8-10H2,1H3,(H,15,17). The lowest BCUT2D eigenvalue weighted by molar-refractivity contribution is -0.130. The average Bonchev–Trinajstić information content (AvgIpc) is 2.78. The number of thioether (sulfide) groups is 1. The Hall–Kier alpha value is -1.49. The van der Waals surface area contributed by atoms with Crippen LogP contribution in [-0.4, -0.2) is 34.9 Å². The summed E-state index contributed by atoms with van der Waals surface area (Å²) in [4.78, 5) is 24.8. The highest BCUT2D eigenvalue weighted by molar-refractivity contribution is 8.00. The molecule has 0 radical (unpaired) electrons. The van der Waals surface area contributed by atoms with Gasteiger partial charge in [-0.1, -0.05) is 25.5 Å². The summed E-state index contributed by atoms with van der Waals surface area (Å²) in [5.41, 5.74) is 2.05. The van der Waals surface area contributed by atoms with E-state index in [9.17, 15) is 9.59 Å². The van der Waals surface area contributed by atoms with E-state index < -0.39 is 0 Å². The van der Waals surface area contributed by atoms with Crippen LogP contribution in [0.2, 0.25) is 0 Å². The molecule has 1 fully saturated rings. The molecule has 0 unspecified atom stereocenters. The first-order chi connectivity index (χ1) is 9.19. The van der Waals surface area contributed by atoms with E-state index in [4.69, 9.17) is 0 Å². The lowest BCUT2D eigenvalue weighted by Crippen LogP contribution is -2.34. The van der Waals surface area contributed by atoms with Crippen molar-refractivity contribution in [2.45, 2.75) is 19.8 Å². The number of rotatable bonds is 5. The maximum Gasteiger partial charge on any atom is 0.244 e. The zero-order chi connectivity index (χ0) is 13.7. The summed E-state index contributed by atoms with van der Waals surface area (Å²) >= 11 is 1.54. The Balaban J connectivity index is 1.86. The summed E-state index contributed by atoms with van der Waals surface area (Å²) < 4.78 is 0. The van der Waals surface area contributed by atoms with E-state index in [0.717, 1.165) is 18.5 Å². The monoisotopic (exact) mass is 278 g/mol. The van der Waals surface area contributed by atoms with Gasteiger partial charge in [-0.15, -0.1) is 11.8 Å². The number of carbonyl (C=O) groups is 2. The minimum absolute atomic E-state index is 0.0402. The zero-order valence-corrected chi connectivity index (χ0v) is 11.8. The molecule has 1 aromatic carbocycles. The SMILES string of the molecule is CCCc1ccc(NC(=O)CN2CSCC2=O)cc1. The van der Waals surface area contributed by atoms with Gasteiger partial charge in [0.25, 0.3) is 0 Å². The fourth-order valence-electron chi connectivity index (χ4n) is 1.96. The van der Waals surface area contributed by atoms with Crippen molar-refractivity contribution >= 4 is 29.3 Å². The summed E-state index contributed by atoms with van der Waals surface area (Å²) in [6.07, 6.45) is 2.16. The molecule has 1 aliphatic heterocycles. The largest absolute Gasteiger partial charge is 0.325 e. The third-order valence-corrected chi connectivity index (χ3v) is 3.88. The van der Waals surface area contributed by atoms with E-state index in [2.05, 4.69) is 12.2 Å². The molecule has 0 aliphatic carbocycles. The van der Waals surface area contributed by atoms with Crippen molar-refractivity contribution in [2.75, 3.05) is 23.5 Å². The Morgan fingerprint density at radius 1 is 1.37 bits per heavy atom. The number of amides is 2. The number of nitrogens with zero attached hydrogens (tertiary/aromatic N) is 1. The van der Waals surface area contributed by atoms with Crippen LogP contribution in [0.1, 0.15) is 18.9 Å². The van der Waals surface area contributed by atoms with E-state index >= 15 is 0 Å². The van der Waals surface area contributed by atoms with Gasteiger partial charge in [0.2, 0.25) is 11.8 Å². The third kappa shape index (κ3) is 3.99. The van der Waals surface area contributed by atoms with Gasteiger partial charge in [0.15, 0.2) is 0 Å². The molecule has 102 valence electrons. The molecule has 0 aromatic heterocycles. The minimum atomic E-state index is -0.140. The minimum Gasteiger partial charge on any atom is -0.325 e. The first-order valence-electron chi connectivity index (χ1n) is 6.43. The molecule has 19 heavy (non-hydrogen) atoms. The van der Waals surface area contributed by atoms with Crippen LogP contribution in [0.15, 0.2) is 24.3 Å². The molecule has 1 heterocycles. The van der Waals surface area contributed by atoms with Crippen LogP contribution in [0.25, 0.3) is 0 Å². The summed E-state index contributed by atoms with van der Waals surface area (Å²) in [5.74, 6) is 0.998. The van der Waals surface area contributed by atoms with Gasteiger partial charge in [0.1, 0.15) is 6.54 Å². The van der Waals surface area contributed by atoms with Gasteiger partial charge in [-0.2, -0.15) is 0 Å². The smallest absolute Gasteiger partial charge is 0.244 e. The van der Waals surface area contributed by atoms with Gasteiger partial charge in [-0.05, 0) is 24.1 Å². The number of aryl methyl sites for hydroxylation is 1. The summed E-state index contributed by atoms with van der Waals surface area (Å²) in [5, 5.41) is 2.82. The molecule has 2 rings (SSSR count). The predicted molar refractivity (Wildman–Crippen MR) is 78.1 cm³/mol. The van der Waals surface area contributed by atoms with Crippen molar-refractivity contribution in [3.8, 4) is 0 Å². The Morgan fingerprint density at radius 2 is 2.11 bits per heavy atom. The number of benzene rings is 1. The lowest BCUT2D eigenvalue weighted by Gasteiger charge is -2.14. The Morgan fingerprint density at radius 3 is 2.68 bits per heavy atom. The lowest BCUT2D eigenvalue weighted by atomic mass is 10.1. The van der Waals surface area contributed by atoms with Crippen LogP contribution in [0, 0.1) is 0 Å². The molecule has 2 amide bonds. The zero-order valence-electron chi connectivity index (χ0n) is 11.0. The number of anilines is 1. The van der Waals surface area contributed by atoms with Gasteiger partial charge < -0.3 is 10.2 Å². The highest BCUT2D eigenvalue weighted by Gasteiger charge is 2.22. The van der Waals surface area contributed by atoms with Crippen LogP contribution >= 0.6 is 11.8 Å². The van der Waals surface area contributed by atoms with Gasteiger partial charge in [0, 0.05) is 5.69 Å². The fraction of sp³-hybridized carbons (Fsp3) is 0.429. The molecule has 1 aromatic rings. The number of hydrogen-bond donors (Lipinski definition) is 1. The van der Waals surface area contributed by atoms with Crippen molar-refractivity contribution in [3.63, 3.8) is 0 Å². The molecule has 0 spiro atoms. The van der Waals surface area contributed by atoms with E-state index in [-0.39, 0.29) is 18.4 Å². The van der Waals surface area contributed by atoms with Crippen LogP contribution in [0.3, 0.4) is 0 Å². The van der Waals surface area contributed by atoms with Crippen molar-refractivity contribution in [1.82, 2.24) is 4.90 Å². The molecule has 1 N–H and O–H groups in total. The molecule has 0 atom stereocenters. The molecule has 0 bridgehead atoms. The number of hydrogen-bond acceptors (Lipinski definition) is 3. The van der Waals surface area contributed by atoms with Crippen LogP contribution < -0.4 is 5.32 Å². The molecule has 4 nitrogen and oxygen atoms in total. The second kappa shape index (κ2) is 6.61. The maximum atomic E-state index is 11.8. The highest BCUT2D eigenvalue weighted by atomic mass is 32.2. The molecule has 5 heteroatoms. The number of nitrogens with one attached hydrogen (secondary N) is 1. The van der Waals surface area contributed by atoms with Crippen molar-refractivity contribution in [1.29, 1.82) is 0 Å². The topological polar surface area (TPSA) is 49.4 Å². The second-order valence-electron chi connectivity index (χ2n) is 4.56. The van der Waals surface area contributed by atoms with Crippen molar-refractivity contribution in [2.24, 2.45) is 0 Å². The average molecular weight is 278 g/mol. The normalized spacial score (nSPS) is 14.8. The van der Waals surface area contributed by atoms with Crippen LogP contribution in [0.5, 0.6) is 0 Å². The quantitative estimate of drug-likeness (QED) is 0.897. The highest BCUT2D eigenvalue weighted by Crippen LogP contribution is 2.15. The van der Waals surface area contributed by atoms with Crippen LogP contribution in [-0.2, 0) is 16.0 Å². The third-order valence-electron chi connectivity index (χ3n) is 2.94. The van der Waals surface area contributed by atoms with E-state index in [1.165, 1.54) is 5.56 Å². The van der Waals surface area contributed by atoms with E-state index in [1.54, 1.807) is 16.7 Å². The molecular formula is C14H18N2O2S. The Bertz CT molecular complexity index is 459. The summed E-state index contributed by atoms with van der Waals surface area (Å²) in [7, 11) is 0. The van der Waals surface area contributed by atoms with Gasteiger partial charge >= 0.3 is 0 Å². The number of carbonyl (C=O) groups excluding carboxylic acids is 2. The van der Waals surface area contributed by atoms with Gasteiger partial charge in [-0.25, -0.2) is 0 Å². The fourth-order valence-corrected chi connectivity index (χ4v) is 2.86. The van der Waals surface area contributed by atoms with Gasteiger partial charge in [-0.3, -0.25) is 9.59 Å². The van der Waals surface area contributed by atoms with Gasteiger partial charge in [0.05, 0.1) is 11.6 Å². The Labute approximate surface area is 117 Å². The predicted octanol–water partition coefficient (Wildman–Crippen LogP) is 2.11. The van der Waals surface area contributed by atoms with E-state index in [1.807, 2.05) is 24.3 Å². The molecular weight excluding hydrogens is 260 g/mol. The first-order valence-corrected chi connectivity index (χ1v) is 7.59. The van der Waals surface area contributed by atoms with Crippen molar-refractivity contribution in [3.05, 3.63) is 29.8 Å². The van der Waals surface area contributed by atoms with E-state index in [0.29, 0.717) is 11.6 Å². The Kier molecular flexibility index (Phi) is 4.85.